The highest BCUT2D eigenvalue weighted by atomic mass is 32.2. The molecule has 0 unspecified atom stereocenters. The van der Waals surface area contributed by atoms with E-state index in [-0.39, 0.29) is 22.3 Å². The van der Waals surface area contributed by atoms with Gasteiger partial charge in [0.15, 0.2) is 0 Å². The quantitative estimate of drug-likeness (QED) is 0.0768. The van der Waals surface area contributed by atoms with Crippen molar-refractivity contribution in [2.24, 2.45) is 0 Å². The van der Waals surface area contributed by atoms with Gasteiger partial charge in [0.2, 0.25) is 0 Å². The lowest BCUT2D eigenvalue weighted by atomic mass is 9.76. The van der Waals surface area contributed by atoms with Gasteiger partial charge in [0.1, 0.15) is 0 Å². The Morgan fingerprint density at radius 1 is 0.980 bits per heavy atom. The summed E-state index contributed by atoms with van der Waals surface area (Å²) in [6.45, 7) is 6.79. The number of anilines is 1. The molecule has 10 heteroatoms. The summed E-state index contributed by atoms with van der Waals surface area (Å²) in [5, 5.41) is 11.0. The molecule has 0 aliphatic heterocycles. The molecule has 1 aliphatic rings. The number of hydrogen-bond acceptors (Lipinski definition) is 6. The summed E-state index contributed by atoms with van der Waals surface area (Å²) in [6, 6.07) is 31.7. The van der Waals surface area contributed by atoms with Gasteiger partial charge in [-0.1, -0.05) is 129 Å². The first kappa shape index (κ1) is 35.6. The normalized spacial score (nSPS) is 12.7. The van der Waals surface area contributed by atoms with Gasteiger partial charge in [-0.25, -0.2) is 13.3 Å². The first-order chi connectivity index (χ1) is 24.7. The summed E-state index contributed by atoms with van der Waals surface area (Å²) >= 11 is 1.87. The topological polar surface area (TPSA) is 100 Å². The fraction of sp³-hybridized carbons (Fsp3) is 0.220. The Balaban J connectivity index is 1.26. The zero-order valence-corrected chi connectivity index (χ0v) is 30.6. The van der Waals surface area contributed by atoms with Crippen LogP contribution in [0.1, 0.15) is 60.1 Å². The lowest BCUT2D eigenvalue weighted by Crippen LogP contribution is -2.30. The molecule has 1 amide bonds. The highest BCUT2D eigenvalue weighted by Crippen LogP contribution is 2.41. The molecule has 0 bridgehead atoms. The van der Waals surface area contributed by atoms with E-state index in [4.69, 9.17) is 5.41 Å². The molecule has 0 radical (unpaired) electrons. The first-order valence-electron chi connectivity index (χ1n) is 16.9. The van der Waals surface area contributed by atoms with Crippen molar-refractivity contribution in [3.05, 3.63) is 174 Å². The molecule has 0 saturated heterocycles. The Hall–Kier alpha value is -5.19. The number of para-hydroxylation sites is 2. The second kappa shape index (κ2) is 15.8. The van der Waals surface area contributed by atoms with Crippen LogP contribution in [0, 0.1) is 12.3 Å². The van der Waals surface area contributed by atoms with E-state index in [1.54, 1.807) is 4.31 Å². The van der Waals surface area contributed by atoms with Crippen molar-refractivity contribution in [1.29, 1.82) is 5.41 Å². The zero-order chi connectivity index (χ0) is 36.0. The largest absolute Gasteiger partial charge is 0.346 e. The van der Waals surface area contributed by atoms with Gasteiger partial charge in [0.05, 0.1) is 36.2 Å². The van der Waals surface area contributed by atoms with Crippen molar-refractivity contribution in [1.82, 2.24) is 13.8 Å². The summed E-state index contributed by atoms with van der Waals surface area (Å²) in [4.78, 5) is 39.8. The van der Waals surface area contributed by atoms with Crippen molar-refractivity contribution < 1.29 is 4.79 Å². The van der Waals surface area contributed by atoms with Crippen LogP contribution in [0.25, 0.3) is 5.69 Å². The summed E-state index contributed by atoms with van der Waals surface area (Å²) in [7, 11) is 0. The molecule has 51 heavy (non-hydrogen) atoms. The minimum atomic E-state index is -0.564. The lowest BCUT2D eigenvalue weighted by Gasteiger charge is -2.32. The third kappa shape index (κ3) is 8.08. The summed E-state index contributed by atoms with van der Waals surface area (Å²) in [5.41, 5.74) is 7.46. The van der Waals surface area contributed by atoms with Gasteiger partial charge in [0.25, 0.3) is 5.24 Å². The number of benzene rings is 4. The molecule has 1 aromatic heterocycles. The van der Waals surface area contributed by atoms with Gasteiger partial charge in [0, 0.05) is 23.5 Å². The SMILES string of the molecule is Cc1cccc(C(C)(C)c2cccc(Cn3c(=O)sn(-c4ccccc4Cc4ccccc4)c3=O)c2)c1N(C=N)SC(=O)NCC1=CC=CCC1. The van der Waals surface area contributed by atoms with Crippen LogP contribution in [0.4, 0.5) is 10.5 Å². The fourth-order valence-corrected chi connectivity index (χ4v) is 7.96. The number of amides is 1. The second-order valence-electron chi connectivity index (χ2n) is 13.1. The number of aryl methyl sites for hydroxylation is 1. The number of rotatable bonds is 12. The Kier molecular flexibility index (Phi) is 11.0. The molecular weight excluding hydrogens is 675 g/mol. The van der Waals surface area contributed by atoms with Crippen LogP contribution in [0.5, 0.6) is 0 Å². The Labute approximate surface area is 306 Å². The molecule has 8 nitrogen and oxygen atoms in total. The van der Waals surface area contributed by atoms with Crippen LogP contribution in [0.3, 0.4) is 0 Å². The van der Waals surface area contributed by atoms with Gasteiger partial charge < -0.3 is 5.32 Å². The van der Waals surface area contributed by atoms with E-state index in [1.165, 1.54) is 20.4 Å². The zero-order valence-electron chi connectivity index (χ0n) is 29.0. The van der Waals surface area contributed by atoms with Crippen molar-refractivity contribution in [3.8, 4) is 5.69 Å². The van der Waals surface area contributed by atoms with Crippen molar-refractivity contribution >= 4 is 40.7 Å². The maximum atomic E-state index is 13.8. The molecule has 4 aromatic carbocycles. The van der Waals surface area contributed by atoms with Gasteiger partial charge in [-0.2, -0.15) is 0 Å². The van der Waals surface area contributed by atoms with Crippen molar-refractivity contribution in [2.45, 2.75) is 52.0 Å². The molecule has 0 fully saturated rings. The number of carbonyl (C=O) groups excluding carboxylic acids is 1. The predicted molar refractivity (Wildman–Crippen MR) is 211 cm³/mol. The minimum absolute atomic E-state index is 0.126. The molecule has 1 heterocycles. The summed E-state index contributed by atoms with van der Waals surface area (Å²) in [6.07, 6.45) is 9.87. The molecule has 0 spiro atoms. The minimum Gasteiger partial charge on any atom is -0.342 e. The maximum absolute atomic E-state index is 13.8. The van der Waals surface area contributed by atoms with Gasteiger partial charge in [-0.3, -0.25) is 19.3 Å². The third-order valence-corrected chi connectivity index (χ3v) is 10.9. The van der Waals surface area contributed by atoms with Crippen LogP contribution < -0.4 is 20.2 Å². The van der Waals surface area contributed by atoms with E-state index in [0.717, 1.165) is 75.4 Å². The van der Waals surface area contributed by atoms with E-state index < -0.39 is 5.41 Å². The molecule has 0 atom stereocenters. The number of aromatic nitrogens is 2. The fourth-order valence-electron chi connectivity index (χ4n) is 6.41. The Morgan fingerprint density at radius 3 is 2.49 bits per heavy atom. The Bertz CT molecular complexity index is 2230. The van der Waals surface area contributed by atoms with Crippen LogP contribution in [-0.2, 0) is 18.4 Å². The lowest BCUT2D eigenvalue weighted by molar-refractivity contribution is 0.261. The number of nitrogens with zero attached hydrogens (tertiary/aromatic N) is 3. The third-order valence-electron chi connectivity index (χ3n) is 9.22. The van der Waals surface area contributed by atoms with E-state index in [0.29, 0.717) is 18.7 Å². The predicted octanol–water partition coefficient (Wildman–Crippen LogP) is 8.38. The first-order valence-corrected chi connectivity index (χ1v) is 18.5. The number of allylic oxidation sites excluding steroid dienone is 3. The van der Waals surface area contributed by atoms with E-state index in [2.05, 4.69) is 37.4 Å². The van der Waals surface area contributed by atoms with E-state index in [1.807, 2.05) is 104 Å². The maximum Gasteiger partial charge on any atom is 0.346 e. The second-order valence-corrected chi connectivity index (χ2v) is 14.9. The average molecular weight is 716 g/mol. The average Bonchev–Trinajstić information content (AvgIpc) is 3.42. The highest BCUT2D eigenvalue weighted by molar-refractivity contribution is 8.15. The molecule has 6 rings (SSSR count). The van der Waals surface area contributed by atoms with Crippen molar-refractivity contribution in [2.75, 3.05) is 10.8 Å². The van der Waals surface area contributed by atoms with E-state index >= 15 is 0 Å². The highest BCUT2D eigenvalue weighted by Gasteiger charge is 2.30. The van der Waals surface area contributed by atoms with Crippen molar-refractivity contribution in [3.63, 3.8) is 0 Å². The smallest absolute Gasteiger partial charge is 0.342 e. The molecule has 1 aliphatic carbocycles. The van der Waals surface area contributed by atoms with Gasteiger partial charge in [-0.15, -0.1) is 0 Å². The molecular formula is C41H41N5O3S2. The molecule has 2 N–H and O–H groups in total. The molecule has 260 valence electrons. The molecule has 0 saturated carbocycles. The Morgan fingerprint density at radius 2 is 1.73 bits per heavy atom. The number of carbonyl (C=O) groups is 1. The van der Waals surface area contributed by atoms with Crippen LogP contribution in [-0.4, -0.2) is 26.6 Å². The van der Waals surface area contributed by atoms with E-state index in [9.17, 15) is 14.4 Å². The standard InChI is InChI=1S/C41H41N5O3S2/c1-29-14-12-22-35(37(29)45(28-42)50-38(47)43-26-31-17-8-5-9-18-31)41(2,3)34-21-13-19-32(25-34)27-44-39(48)46(51-40(44)49)36-23-11-10-20-33(36)24-30-15-6-4-7-16-30/h4-8,10-17,19-23,25,28,42H,9,18,24,26-27H2,1-3H3,(H,43,47). The summed E-state index contributed by atoms with van der Waals surface area (Å²) in [5.74, 6) is 0. The van der Waals surface area contributed by atoms with Gasteiger partial charge >= 0.3 is 10.6 Å². The summed E-state index contributed by atoms with van der Waals surface area (Å²) < 4.78 is 4.40. The van der Waals surface area contributed by atoms with Crippen LogP contribution in [0.2, 0.25) is 0 Å². The van der Waals surface area contributed by atoms with Crippen LogP contribution >= 0.6 is 23.5 Å². The van der Waals surface area contributed by atoms with Crippen LogP contribution in [0.15, 0.2) is 130 Å². The van der Waals surface area contributed by atoms with Gasteiger partial charge in [-0.05, 0) is 65.6 Å². The number of hydrogen-bond donors (Lipinski definition) is 2. The molecule has 5 aromatic rings. The number of nitrogens with one attached hydrogen (secondary N) is 2. The monoisotopic (exact) mass is 715 g/mol.